The van der Waals surface area contributed by atoms with Crippen LogP contribution in [0.15, 0.2) is 0 Å². The summed E-state index contributed by atoms with van der Waals surface area (Å²) in [5.41, 5.74) is -0.0144. The molecule has 0 spiro atoms. The van der Waals surface area contributed by atoms with Gasteiger partial charge in [0.05, 0.1) is 0 Å². The lowest BCUT2D eigenvalue weighted by molar-refractivity contribution is -0.157. The minimum atomic E-state index is -3.19. The van der Waals surface area contributed by atoms with Crippen molar-refractivity contribution in [3.05, 3.63) is 0 Å². The molecule has 1 aliphatic heterocycles. The van der Waals surface area contributed by atoms with E-state index in [9.17, 15) is 13.6 Å². The predicted octanol–water partition coefficient (Wildman–Crippen LogP) is 2.93. The van der Waals surface area contributed by atoms with Gasteiger partial charge in [-0.15, -0.1) is 0 Å². The standard InChI is InChI=1S/C12H21F2NO/c1-5-12(13,14)10(16)15-7-6-11(4,8-15)9(2)3/h9H,5-8H2,1-4H3/t11-/m0/s1. The van der Waals surface area contributed by atoms with Crippen LogP contribution in [0.25, 0.3) is 0 Å². The van der Waals surface area contributed by atoms with E-state index in [-0.39, 0.29) is 5.41 Å². The fourth-order valence-corrected chi connectivity index (χ4v) is 2.01. The molecule has 1 aliphatic rings. The Kier molecular flexibility index (Phi) is 3.60. The molecule has 94 valence electrons. The molecule has 16 heavy (non-hydrogen) atoms. The third kappa shape index (κ3) is 2.36. The minimum Gasteiger partial charge on any atom is -0.337 e. The number of nitrogens with zero attached hydrogens (tertiary/aromatic N) is 1. The van der Waals surface area contributed by atoms with Crippen LogP contribution in [0.1, 0.15) is 40.5 Å². The molecule has 1 heterocycles. The van der Waals surface area contributed by atoms with E-state index in [2.05, 4.69) is 20.8 Å². The molecule has 0 radical (unpaired) electrons. The Labute approximate surface area is 96.0 Å². The van der Waals surface area contributed by atoms with E-state index in [1.54, 1.807) is 0 Å². The van der Waals surface area contributed by atoms with Gasteiger partial charge in [0.1, 0.15) is 0 Å². The van der Waals surface area contributed by atoms with Crippen LogP contribution in [0.5, 0.6) is 0 Å². The van der Waals surface area contributed by atoms with Gasteiger partial charge in [0.25, 0.3) is 5.91 Å². The van der Waals surface area contributed by atoms with Crippen LogP contribution in [0.3, 0.4) is 0 Å². The molecule has 0 aromatic carbocycles. The molecule has 0 aromatic rings. The minimum absolute atomic E-state index is 0.0144. The Morgan fingerprint density at radius 3 is 2.44 bits per heavy atom. The second kappa shape index (κ2) is 4.30. The average molecular weight is 233 g/mol. The van der Waals surface area contributed by atoms with Crippen LogP contribution in [0.2, 0.25) is 0 Å². The van der Waals surface area contributed by atoms with Crippen LogP contribution in [0.4, 0.5) is 8.78 Å². The van der Waals surface area contributed by atoms with Gasteiger partial charge in [-0.3, -0.25) is 4.79 Å². The molecule has 1 amide bonds. The number of likely N-dealkylation sites (tertiary alicyclic amines) is 1. The van der Waals surface area contributed by atoms with Crippen molar-refractivity contribution in [1.29, 1.82) is 0 Å². The quantitative estimate of drug-likeness (QED) is 0.734. The van der Waals surface area contributed by atoms with E-state index in [1.165, 1.54) is 11.8 Å². The van der Waals surface area contributed by atoms with Gasteiger partial charge in [0.15, 0.2) is 0 Å². The van der Waals surface area contributed by atoms with Gasteiger partial charge >= 0.3 is 5.92 Å². The zero-order valence-corrected chi connectivity index (χ0v) is 10.5. The Morgan fingerprint density at radius 1 is 1.50 bits per heavy atom. The van der Waals surface area contributed by atoms with Crippen molar-refractivity contribution in [3.8, 4) is 0 Å². The molecule has 0 aromatic heterocycles. The normalized spacial score (nSPS) is 26.6. The Bertz CT molecular complexity index is 278. The lowest BCUT2D eigenvalue weighted by atomic mass is 9.78. The van der Waals surface area contributed by atoms with Crippen LogP contribution >= 0.6 is 0 Å². The number of carbonyl (C=O) groups excluding carboxylic acids is 1. The predicted molar refractivity (Wildman–Crippen MR) is 59.4 cm³/mol. The lowest BCUT2D eigenvalue weighted by Gasteiger charge is -2.29. The summed E-state index contributed by atoms with van der Waals surface area (Å²) < 4.78 is 26.5. The second-order valence-corrected chi connectivity index (χ2v) is 5.34. The van der Waals surface area contributed by atoms with E-state index >= 15 is 0 Å². The highest BCUT2D eigenvalue weighted by atomic mass is 19.3. The Hall–Kier alpha value is -0.670. The molecule has 1 atom stereocenters. The summed E-state index contributed by atoms with van der Waals surface area (Å²) in [7, 11) is 0. The third-order valence-electron chi connectivity index (χ3n) is 3.94. The van der Waals surface area contributed by atoms with Crippen molar-refractivity contribution in [2.45, 2.75) is 46.5 Å². The molecule has 1 saturated heterocycles. The largest absolute Gasteiger partial charge is 0.337 e. The molecule has 0 bridgehead atoms. The summed E-state index contributed by atoms with van der Waals surface area (Å²) in [5.74, 6) is -3.79. The maximum atomic E-state index is 13.3. The van der Waals surface area contributed by atoms with Gasteiger partial charge in [0, 0.05) is 19.5 Å². The maximum Gasteiger partial charge on any atom is 0.324 e. The van der Waals surface area contributed by atoms with Gasteiger partial charge in [-0.1, -0.05) is 27.7 Å². The summed E-state index contributed by atoms with van der Waals surface area (Å²) in [6, 6.07) is 0. The first-order chi connectivity index (χ1) is 7.23. The van der Waals surface area contributed by atoms with Gasteiger partial charge in [-0.2, -0.15) is 8.78 Å². The number of hydrogen-bond acceptors (Lipinski definition) is 1. The third-order valence-corrected chi connectivity index (χ3v) is 3.94. The van der Waals surface area contributed by atoms with Crippen molar-refractivity contribution in [2.75, 3.05) is 13.1 Å². The summed E-state index contributed by atoms with van der Waals surface area (Å²) in [5, 5.41) is 0. The number of amides is 1. The van der Waals surface area contributed by atoms with E-state index in [4.69, 9.17) is 0 Å². The van der Waals surface area contributed by atoms with Crippen molar-refractivity contribution in [3.63, 3.8) is 0 Å². The Balaban J connectivity index is 2.71. The number of carbonyl (C=O) groups is 1. The van der Waals surface area contributed by atoms with Crippen LogP contribution in [-0.4, -0.2) is 29.8 Å². The fourth-order valence-electron chi connectivity index (χ4n) is 2.01. The van der Waals surface area contributed by atoms with Gasteiger partial charge in [-0.25, -0.2) is 0 Å². The summed E-state index contributed by atoms with van der Waals surface area (Å²) >= 11 is 0. The number of alkyl halides is 2. The first kappa shape index (κ1) is 13.4. The molecule has 0 saturated carbocycles. The Morgan fingerprint density at radius 2 is 2.06 bits per heavy atom. The molecule has 1 fully saturated rings. The monoisotopic (exact) mass is 233 g/mol. The van der Waals surface area contributed by atoms with E-state index < -0.39 is 18.3 Å². The topological polar surface area (TPSA) is 20.3 Å². The lowest BCUT2D eigenvalue weighted by Crippen LogP contribution is -2.43. The van der Waals surface area contributed by atoms with Crippen molar-refractivity contribution >= 4 is 5.91 Å². The van der Waals surface area contributed by atoms with Gasteiger partial charge in [0.2, 0.25) is 0 Å². The van der Waals surface area contributed by atoms with Crippen LogP contribution in [0, 0.1) is 11.3 Å². The molecule has 0 N–H and O–H groups in total. The van der Waals surface area contributed by atoms with E-state index in [0.29, 0.717) is 19.0 Å². The highest BCUT2D eigenvalue weighted by Gasteiger charge is 2.46. The summed E-state index contributed by atoms with van der Waals surface area (Å²) in [6.07, 6.45) is 0.400. The van der Waals surface area contributed by atoms with Gasteiger partial charge in [-0.05, 0) is 17.8 Å². The molecule has 1 rings (SSSR count). The molecule has 0 aliphatic carbocycles. The second-order valence-electron chi connectivity index (χ2n) is 5.34. The summed E-state index contributed by atoms with van der Waals surface area (Å²) in [4.78, 5) is 12.9. The smallest absolute Gasteiger partial charge is 0.324 e. The maximum absolute atomic E-state index is 13.3. The zero-order valence-electron chi connectivity index (χ0n) is 10.5. The summed E-state index contributed by atoms with van der Waals surface area (Å²) in [6.45, 7) is 8.48. The number of hydrogen-bond donors (Lipinski definition) is 0. The van der Waals surface area contributed by atoms with Gasteiger partial charge < -0.3 is 4.90 Å². The SMILES string of the molecule is CCC(F)(F)C(=O)N1CC[C@](C)(C(C)C)C1. The number of halogens is 2. The van der Waals surface area contributed by atoms with Crippen molar-refractivity contribution in [2.24, 2.45) is 11.3 Å². The fraction of sp³-hybridized carbons (Fsp3) is 0.917. The van der Waals surface area contributed by atoms with Crippen molar-refractivity contribution in [1.82, 2.24) is 4.90 Å². The van der Waals surface area contributed by atoms with Crippen LogP contribution in [-0.2, 0) is 4.79 Å². The first-order valence-corrected chi connectivity index (χ1v) is 5.90. The number of rotatable bonds is 3. The average Bonchev–Trinajstić information content (AvgIpc) is 2.61. The molecular weight excluding hydrogens is 212 g/mol. The highest BCUT2D eigenvalue weighted by molar-refractivity contribution is 5.83. The first-order valence-electron chi connectivity index (χ1n) is 5.90. The molecule has 4 heteroatoms. The highest BCUT2D eigenvalue weighted by Crippen LogP contribution is 2.38. The van der Waals surface area contributed by atoms with Crippen molar-refractivity contribution < 1.29 is 13.6 Å². The zero-order chi connectivity index (χ0) is 12.6. The van der Waals surface area contributed by atoms with E-state index in [0.717, 1.165) is 6.42 Å². The molecular formula is C12H21F2NO. The molecule has 2 nitrogen and oxygen atoms in total. The van der Waals surface area contributed by atoms with Crippen LogP contribution < -0.4 is 0 Å². The molecule has 0 unspecified atom stereocenters. The van der Waals surface area contributed by atoms with E-state index in [1.807, 2.05) is 0 Å².